The molecule has 0 N–H and O–H groups in total. The van der Waals surface area contributed by atoms with Crippen molar-refractivity contribution in [2.24, 2.45) is 0 Å². The molecule has 0 radical (unpaired) electrons. The molecule has 66 valence electrons. The van der Waals surface area contributed by atoms with E-state index in [4.69, 9.17) is 0 Å². The molecule has 0 aliphatic heterocycles. The Balaban J connectivity index is 3.03. The minimum atomic E-state index is 0.640. The molecule has 0 amide bonds. The highest BCUT2D eigenvalue weighted by Gasteiger charge is 2.02. The fourth-order valence-electron chi connectivity index (χ4n) is 1.42. The Morgan fingerprint density at radius 3 is 2.33 bits per heavy atom. The summed E-state index contributed by atoms with van der Waals surface area (Å²) in [6.45, 7) is 6.66. The van der Waals surface area contributed by atoms with Crippen molar-refractivity contribution in [2.75, 3.05) is 6.26 Å². The van der Waals surface area contributed by atoms with E-state index in [1.165, 1.54) is 16.0 Å². The summed E-state index contributed by atoms with van der Waals surface area (Å²) in [5, 5.41) is 0. The topological polar surface area (TPSA) is 0 Å². The molecule has 0 aliphatic carbocycles. The maximum atomic E-state index is 2.26. The van der Waals surface area contributed by atoms with Crippen LogP contribution in [0.25, 0.3) is 0 Å². The summed E-state index contributed by atoms with van der Waals surface area (Å²) in [6.07, 6.45) is 2.11. The van der Waals surface area contributed by atoms with Gasteiger partial charge in [0, 0.05) is 4.90 Å². The van der Waals surface area contributed by atoms with Crippen molar-refractivity contribution in [3.63, 3.8) is 0 Å². The smallest absolute Gasteiger partial charge is 0.00719 e. The second-order valence-electron chi connectivity index (χ2n) is 3.38. The van der Waals surface area contributed by atoms with E-state index in [-0.39, 0.29) is 0 Å². The molecule has 0 unspecified atom stereocenters. The highest BCUT2D eigenvalue weighted by molar-refractivity contribution is 7.98. The van der Waals surface area contributed by atoms with Crippen LogP contribution in [0.4, 0.5) is 0 Å². The van der Waals surface area contributed by atoms with Gasteiger partial charge in [-0.25, -0.2) is 0 Å². The summed E-state index contributed by atoms with van der Waals surface area (Å²) in [7, 11) is 0. The van der Waals surface area contributed by atoms with E-state index in [2.05, 4.69) is 45.2 Å². The van der Waals surface area contributed by atoms with Gasteiger partial charge in [-0.2, -0.15) is 0 Å². The minimum Gasteiger partial charge on any atom is -0.130 e. The zero-order valence-corrected chi connectivity index (χ0v) is 9.03. The highest BCUT2D eigenvalue weighted by Crippen LogP contribution is 2.23. The van der Waals surface area contributed by atoms with E-state index in [0.29, 0.717) is 5.92 Å². The average Bonchev–Trinajstić information content (AvgIpc) is 2.03. The first-order chi connectivity index (χ1) is 5.65. The summed E-state index contributed by atoms with van der Waals surface area (Å²) in [6, 6.07) is 6.71. The standard InChI is InChI=1S/C11H16S/c1-8(2)11-6-5-10(12-4)7-9(11)3/h5-8H,1-4H3. The van der Waals surface area contributed by atoms with Gasteiger partial charge in [0.2, 0.25) is 0 Å². The first kappa shape index (κ1) is 9.66. The molecule has 0 saturated carbocycles. The number of aryl methyl sites for hydroxylation is 1. The van der Waals surface area contributed by atoms with Gasteiger partial charge in [-0.05, 0) is 42.4 Å². The van der Waals surface area contributed by atoms with Crippen molar-refractivity contribution in [1.82, 2.24) is 0 Å². The van der Waals surface area contributed by atoms with Gasteiger partial charge in [0.15, 0.2) is 0 Å². The molecule has 1 aromatic rings. The Hall–Kier alpha value is -0.430. The van der Waals surface area contributed by atoms with Gasteiger partial charge in [-0.3, -0.25) is 0 Å². The third-order valence-corrected chi connectivity index (χ3v) is 2.82. The molecule has 1 heteroatoms. The predicted octanol–water partition coefficient (Wildman–Crippen LogP) is 3.84. The molecule has 12 heavy (non-hydrogen) atoms. The summed E-state index contributed by atoms with van der Waals surface area (Å²) in [5.74, 6) is 0.640. The first-order valence-electron chi connectivity index (χ1n) is 4.29. The SMILES string of the molecule is CSc1ccc(C(C)C)c(C)c1. The fourth-order valence-corrected chi connectivity index (χ4v) is 1.92. The van der Waals surface area contributed by atoms with Gasteiger partial charge in [0.05, 0.1) is 0 Å². The van der Waals surface area contributed by atoms with Crippen molar-refractivity contribution in [2.45, 2.75) is 31.6 Å². The molecular weight excluding hydrogens is 164 g/mol. The monoisotopic (exact) mass is 180 g/mol. The summed E-state index contributed by atoms with van der Waals surface area (Å²) >= 11 is 1.80. The fraction of sp³-hybridized carbons (Fsp3) is 0.455. The molecule has 0 saturated heterocycles. The van der Waals surface area contributed by atoms with E-state index < -0.39 is 0 Å². The van der Waals surface area contributed by atoms with E-state index in [1.54, 1.807) is 11.8 Å². The van der Waals surface area contributed by atoms with Crippen LogP contribution in [-0.2, 0) is 0 Å². The summed E-state index contributed by atoms with van der Waals surface area (Å²) in [5.41, 5.74) is 2.88. The molecule has 1 aromatic carbocycles. The summed E-state index contributed by atoms with van der Waals surface area (Å²) in [4.78, 5) is 1.36. The van der Waals surface area contributed by atoms with Crippen molar-refractivity contribution in [1.29, 1.82) is 0 Å². The van der Waals surface area contributed by atoms with Crippen LogP contribution in [0.15, 0.2) is 23.1 Å². The van der Waals surface area contributed by atoms with Crippen LogP contribution >= 0.6 is 11.8 Å². The lowest BCUT2D eigenvalue weighted by atomic mass is 9.98. The van der Waals surface area contributed by atoms with E-state index in [9.17, 15) is 0 Å². The largest absolute Gasteiger partial charge is 0.130 e. The van der Waals surface area contributed by atoms with Gasteiger partial charge in [0.1, 0.15) is 0 Å². The molecule has 0 bridgehead atoms. The highest BCUT2D eigenvalue weighted by atomic mass is 32.2. The number of thioether (sulfide) groups is 1. The Morgan fingerprint density at radius 1 is 1.25 bits per heavy atom. The quantitative estimate of drug-likeness (QED) is 0.623. The van der Waals surface area contributed by atoms with E-state index in [1.807, 2.05) is 0 Å². The molecule has 1 rings (SSSR count). The maximum Gasteiger partial charge on any atom is 0.00719 e. The Bertz CT molecular complexity index is 264. The summed E-state index contributed by atoms with van der Waals surface area (Å²) < 4.78 is 0. The van der Waals surface area contributed by atoms with Crippen LogP contribution in [0.3, 0.4) is 0 Å². The average molecular weight is 180 g/mol. The van der Waals surface area contributed by atoms with Gasteiger partial charge in [-0.15, -0.1) is 11.8 Å². The lowest BCUT2D eigenvalue weighted by Crippen LogP contribution is -1.91. The van der Waals surface area contributed by atoms with Gasteiger partial charge in [0.25, 0.3) is 0 Å². The second-order valence-corrected chi connectivity index (χ2v) is 4.26. The van der Waals surface area contributed by atoms with Crippen LogP contribution in [0.5, 0.6) is 0 Å². The normalized spacial score (nSPS) is 10.8. The second kappa shape index (κ2) is 3.99. The Labute approximate surface area is 79.4 Å². The van der Waals surface area contributed by atoms with Crippen molar-refractivity contribution >= 4 is 11.8 Å². The molecule has 0 heterocycles. The molecule has 0 aliphatic rings. The third-order valence-electron chi connectivity index (χ3n) is 2.10. The predicted molar refractivity (Wildman–Crippen MR) is 57.0 cm³/mol. The zero-order valence-electron chi connectivity index (χ0n) is 8.22. The molecule has 0 atom stereocenters. The number of hydrogen-bond acceptors (Lipinski definition) is 1. The molecule has 0 fully saturated rings. The number of rotatable bonds is 2. The van der Waals surface area contributed by atoms with Gasteiger partial charge >= 0.3 is 0 Å². The minimum absolute atomic E-state index is 0.640. The Kier molecular flexibility index (Phi) is 3.21. The maximum absolute atomic E-state index is 2.26. The van der Waals surface area contributed by atoms with Crippen LogP contribution in [0, 0.1) is 6.92 Å². The van der Waals surface area contributed by atoms with Crippen molar-refractivity contribution < 1.29 is 0 Å². The van der Waals surface area contributed by atoms with Crippen LogP contribution in [0.2, 0.25) is 0 Å². The van der Waals surface area contributed by atoms with E-state index >= 15 is 0 Å². The zero-order chi connectivity index (χ0) is 9.14. The van der Waals surface area contributed by atoms with E-state index in [0.717, 1.165) is 0 Å². The first-order valence-corrected chi connectivity index (χ1v) is 5.52. The van der Waals surface area contributed by atoms with Gasteiger partial charge in [-0.1, -0.05) is 19.9 Å². The number of benzene rings is 1. The van der Waals surface area contributed by atoms with Crippen LogP contribution < -0.4 is 0 Å². The molecular formula is C11H16S. The third kappa shape index (κ3) is 2.04. The van der Waals surface area contributed by atoms with Gasteiger partial charge < -0.3 is 0 Å². The van der Waals surface area contributed by atoms with Crippen molar-refractivity contribution in [3.8, 4) is 0 Å². The number of hydrogen-bond donors (Lipinski definition) is 0. The van der Waals surface area contributed by atoms with Crippen molar-refractivity contribution in [3.05, 3.63) is 29.3 Å². The molecule has 0 spiro atoms. The van der Waals surface area contributed by atoms with Crippen LogP contribution in [0.1, 0.15) is 30.9 Å². The van der Waals surface area contributed by atoms with Crippen LogP contribution in [-0.4, -0.2) is 6.26 Å². The molecule has 0 aromatic heterocycles. The Morgan fingerprint density at radius 2 is 1.92 bits per heavy atom. The lowest BCUT2D eigenvalue weighted by Gasteiger charge is -2.10. The molecule has 0 nitrogen and oxygen atoms in total. The lowest BCUT2D eigenvalue weighted by molar-refractivity contribution is 0.854.